The molecule has 0 radical (unpaired) electrons. The Bertz CT molecular complexity index is 661. The molecule has 0 aliphatic rings. The second-order valence-electron chi connectivity index (χ2n) is 4.67. The monoisotopic (exact) mass is 366 g/mol. The maximum absolute atomic E-state index is 12.4. The lowest BCUT2D eigenvalue weighted by Gasteiger charge is -2.15. The minimum absolute atomic E-state index is 0.204. The van der Waals surface area contributed by atoms with Gasteiger partial charge in [0.1, 0.15) is 12.4 Å². The molecule has 5 nitrogen and oxygen atoms in total. The van der Waals surface area contributed by atoms with Gasteiger partial charge in [-0.3, -0.25) is 4.79 Å². The molecule has 1 amide bonds. The number of amides is 1. The number of nitrogens with two attached hydrogens (primary N) is 1. The van der Waals surface area contributed by atoms with Gasteiger partial charge < -0.3 is 20.5 Å². The number of fused-ring (bicyclic) bond motifs is 1. The van der Waals surface area contributed by atoms with Crippen LogP contribution in [0, 0.1) is 0 Å². The van der Waals surface area contributed by atoms with Gasteiger partial charge >= 0.3 is 0 Å². The van der Waals surface area contributed by atoms with Crippen molar-refractivity contribution in [3.05, 3.63) is 40.4 Å². The highest BCUT2D eigenvalue weighted by atomic mass is 79.9. The summed E-state index contributed by atoms with van der Waals surface area (Å²) in [6.45, 7) is 1.62. The van der Waals surface area contributed by atoms with E-state index < -0.39 is 0 Å². The molecule has 0 fully saturated rings. The van der Waals surface area contributed by atoms with Gasteiger partial charge in [0, 0.05) is 20.2 Å². The minimum atomic E-state index is -0.204. The van der Waals surface area contributed by atoms with Crippen LogP contribution >= 0.6 is 15.9 Å². The zero-order chi connectivity index (χ0) is 15.9. The van der Waals surface area contributed by atoms with Crippen molar-refractivity contribution in [2.24, 2.45) is 5.73 Å². The topological polar surface area (TPSA) is 73.6 Å². The number of hydrogen-bond donors (Lipinski definition) is 2. The summed E-state index contributed by atoms with van der Waals surface area (Å²) >= 11 is 3.55. The third-order valence-electron chi connectivity index (χ3n) is 3.15. The Morgan fingerprint density at radius 3 is 2.82 bits per heavy atom. The molecule has 0 heterocycles. The molecular formula is C16H19BrN2O3. The Morgan fingerprint density at radius 1 is 1.32 bits per heavy atom. The predicted molar refractivity (Wildman–Crippen MR) is 90.4 cm³/mol. The highest BCUT2D eigenvalue weighted by Crippen LogP contribution is 2.36. The van der Waals surface area contributed by atoms with Crippen molar-refractivity contribution in [1.82, 2.24) is 5.32 Å². The Kier molecular flexibility index (Phi) is 6.18. The summed E-state index contributed by atoms with van der Waals surface area (Å²) in [5, 5.41) is 4.73. The molecule has 0 spiro atoms. The molecule has 118 valence electrons. The maximum atomic E-state index is 12.4. The molecule has 2 aromatic carbocycles. The van der Waals surface area contributed by atoms with Crippen LogP contribution in [0.5, 0.6) is 5.75 Å². The van der Waals surface area contributed by atoms with Crippen molar-refractivity contribution in [3.63, 3.8) is 0 Å². The minimum Gasteiger partial charge on any atom is -0.489 e. The van der Waals surface area contributed by atoms with Crippen LogP contribution < -0.4 is 15.8 Å². The van der Waals surface area contributed by atoms with Crippen molar-refractivity contribution in [3.8, 4) is 5.75 Å². The number of carbonyl (C=O) groups excluding carboxylic acids is 1. The fraction of sp³-hybridized carbons (Fsp3) is 0.312. The van der Waals surface area contributed by atoms with Gasteiger partial charge in [-0.1, -0.05) is 24.3 Å². The first-order valence-corrected chi connectivity index (χ1v) is 7.79. The number of methoxy groups -OCH3 is 1. The summed E-state index contributed by atoms with van der Waals surface area (Å²) in [7, 11) is 1.60. The van der Waals surface area contributed by atoms with Crippen LogP contribution in [-0.2, 0) is 4.74 Å². The first kappa shape index (κ1) is 16.7. The normalized spacial score (nSPS) is 10.7. The summed E-state index contributed by atoms with van der Waals surface area (Å²) < 4.78 is 11.5. The van der Waals surface area contributed by atoms with E-state index in [4.69, 9.17) is 15.2 Å². The molecule has 0 bridgehead atoms. The number of ether oxygens (including phenoxy) is 2. The van der Waals surface area contributed by atoms with Gasteiger partial charge in [0.25, 0.3) is 5.91 Å². The van der Waals surface area contributed by atoms with E-state index in [1.807, 2.05) is 30.3 Å². The van der Waals surface area contributed by atoms with Crippen LogP contribution in [0.1, 0.15) is 10.4 Å². The third kappa shape index (κ3) is 3.76. The van der Waals surface area contributed by atoms with E-state index in [0.29, 0.717) is 37.6 Å². The Hall–Kier alpha value is -1.63. The molecule has 0 aliphatic carbocycles. The molecule has 2 aromatic rings. The Morgan fingerprint density at radius 2 is 2.09 bits per heavy atom. The summed E-state index contributed by atoms with van der Waals surface area (Å²) in [5.74, 6) is 0.314. The lowest BCUT2D eigenvalue weighted by Crippen LogP contribution is -2.29. The SMILES string of the molecule is COCCOc1c(C(=O)NCCN)cc2ccccc2c1Br. The molecule has 0 saturated carbocycles. The molecule has 2 rings (SSSR count). The number of halogens is 1. The van der Waals surface area contributed by atoms with Crippen molar-refractivity contribution in [1.29, 1.82) is 0 Å². The van der Waals surface area contributed by atoms with Crippen molar-refractivity contribution in [2.45, 2.75) is 0 Å². The lowest BCUT2D eigenvalue weighted by atomic mass is 10.1. The smallest absolute Gasteiger partial charge is 0.255 e. The summed E-state index contributed by atoms with van der Waals surface area (Å²) in [5.41, 5.74) is 5.92. The zero-order valence-electron chi connectivity index (χ0n) is 12.4. The number of benzene rings is 2. The fourth-order valence-electron chi connectivity index (χ4n) is 2.10. The lowest BCUT2D eigenvalue weighted by molar-refractivity contribution is 0.0947. The van der Waals surface area contributed by atoms with Crippen LogP contribution in [0.2, 0.25) is 0 Å². The molecule has 6 heteroatoms. The Labute approximate surface area is 137 Å². The first-order chi connectivity index (χ1) is 10.7. The van der Waals surface area contributed by atoms with Crippen LogP contribution in [0.3, 0.4) is 0 Å². The number of carbonyl (C=O) groups is 1. The third-order valence-corrected chi connectivity index (χ3v) is 3.94. The van der Waals surface area contributed by atoms with E-state index in [2.05, 4.69) is 21.2 Å². The highest BCUT2D eigenvalue weighted by molar-refractivity contribution is 9.10. The van der Waals surface area contributed by atoms with E-state index in [1.54, 1.807) is 7.11 Å². The average Bonchev–Trinajstić information content (AvgIpc) is 2.54. The van der Waals surface area contributed by atoms with E-state index in [0.717, 1.165) is 15.2 Å². The van der Waals surface area contributed by atoms with Gasteiger partial charge in [-0.15, -0.1) is 0 Å². The van der Waals surface area contributed by atoms with Crippen molar-refractivity contribution >= 4 is 32.6 Å². The average molecular weight is 367 g/mol. The maximum Gasteiger partial charge on any atom is 0.255 e. The van der Waals surface area contributed by atoms with Crippen LogP contribution in [0.25, 0.3) is 10.8 Å². The molecule has 3 N–H and O–H groups in total. The fourth-order valence-corrected chi connectivity index (χ4v) is 2.79. The van der Waals surface area contributed by atoms with Crippen molar-refractivity contribution in [2.75, 3.05) is 33.4 Å². The van der Waals surface area contributed by atoms with Crippen LogP contribution in [0.4, 0.5) is 0 Å². The van der Waals surface area contributed by atoms with Gasteiger partial charge in [-0.05, 0) is 32.8 Å². The molecule has 0 aromatic heterocycles. The molecular weight excluding hydrogens is 348 g/mol. The standard InChI is InChI=1S/C16H19BrN2O3/c1-21-8-9-22-15-13(16(20)19-7-6-18)10-11-4-2-3-5-12(11)14(15)17/h2-5,10H,6-9,18H2,1H3,(H,19,20). The quantitative estimate of drug-likeness (QED) is 0.737. The number of hydrogen-bond acceptors (Lipinski definition) is 4. The highest BCUT2D eigenvalue weighted by Gasteiger charge is 2.18. The summed E-state index contributed by atoms with van der Waals surface area (Å²) in [6, 6.07) is 9.64. The van der Waals surface area contributed by atoms with Gasteiger partial charge in [0.05, 0.1) is 16.6 Å². The zero-order valence-corrected chi connectivity index (χ0v) is 14.0. The second kappa shape index (κ2) is 8.12. The second-order valence-corrected chi connectivity index (χ2v) is 5.47. The van der Waals surface area contributed by atoms with Gasteiger partial charge in [0.15, 0.2) is 0 Å². The van der Waals surface area contributed by atoms with Gasteiger partial charge in [-0.2, -0.15) is 0 Å². The summed E-state index contributed by atoms with van der Waals surface area (Å²) in [4.78, 5) is 12.4. The molecule has 0 unspecified atom stereocenters. The molecule has 0 saturated heterocycles. The number of nitrogens with one attached hydrogen (secondary N) is 1. The van der Waals surface area contributed by atoms with Gasteiger partial charge in [0.2, 0.25) is 0 Å². The van der Waals surface area contributed by atoms with E-state index in [9.17, 15) is 4.79 Å². The van der Waals surface area contributed by atoms with Gasteiger partial charge in [-0.25, -0.2) is 0 Å². The van der Waals surface area contributed by atoms with E-state index >= 15 is 0 Å². The molecule has 0 aliphatic heterocycles. The van der Waals surface area contributed by atoms with E-state index in [1.165, 1.54) is 0 Å². The first-order valence-electron chi connectivity index (χ1n) is 7.00. The van der Waals surface area contributed by atoms with Crippen molar-refractivity contribution < 1.29 is 14.3 Å². The molecule has 22 heavy (non-hydrogen) atoms. The molecule has 0 atom stereocenters. The Balaban J connectivity index is 2.45. The number of rotatable bonds is 7. The van der Waals surface area contributed by atoms with E-state index in [-0.39, 0.29) is 5.91 Å². The summed E-state index contributed by atoms with van der Waals surface area (Å²) in [6.07, 6.45) is 0. The predicted octanol–water partition coefficient (Wildman–Crippen LogP) is 2.32. The van der Waals surface area contributed by atoms with Crippen LogP contribution in [0.15, 0.2) is 34.8 Å². The van der Waals surface area contributed by atoms with Crippen LogP contribution in [-0.4, -0.2) is 39.3 Å². The largest absolute Gasteiger partial charge is 0.489 e.